The molecule has 0 aliphatic heterocycles. The van der Waals surface area contributed by atoms with E-state index in [1.807, 2.05) is 0 Å². The normalized spacial score (nSPS) is 10.5. The molecule has 9 heteroatoms. The summed E-state index contributed by atoms with van der Waals surface area (Å²) in [5, 5.41) is 8.76. The van der Waals surface area contributed by atoms with Gasteiger partial charge in [0.25, 0.3) is 0 Å². The average molecular weight is 363 g/mol. The Bertz CT molecular complexity index is 759. The molecule has 0 fully saturated rings. The number of benzene rings is 1. The van der Waals surface area contributed by atoms with Gasteiger partial charge in [-0.2, -0.15) is 0 Å². The number of nitrogens with zero attached hydrogens (tertiary/aromatic N) is 1. The number of thioether (sulfide) groups is 1. The number of aromatic nitrogens is 1. The second kappa shape index (κ2) is 6.60. The highest BCUT2D eigenvalue weighted by Crippen LogP contribution is 2.37. The van der Waals surface area contributed by atoms with Crippen LogP contribution in [0.1, 0.15) is 0 Å². The molecule has 2 rings (SSSR count). The second-order valence-corrected chi connectivity index (χ2v) is 5.63. The first-order valence-electron chi connectivity index (χ1n) is 5.74. The molecule has 3 N–H and O–H groups in total. The van der Waals surface area contributed by atoms with Gasteiger partial charge in [0, 0.05) is 5.56 Å². The van der Waals surface area contributed by atoms with Crippen molar-refractivity contribution < 1.29 is 19.0 Å². The van der Waals surface area contributed by atoms with Crippen LogP contribution in [-0.2, 0) is 0 Å². The van der Waals surface area contributed by atoms with E-state index in [2.05, 4.69) is 9.72 Å². The summed E-state index contributed by atoms with van der Waals surface area (Å²) >= 11 is 12.9. The highest BCUT2D eigenvalue weighted by Gasteiger charge is 2.19. The number of carbonyl (C=O) groups is 1. The predicted molar refractivity (Wildman–Crippen MR) is 84.5 cm³/mol. The Morgan fingerprint density at radius 2 is 2.14 bits per heavy atom. The first kappa shape index (κ1) is 16.7. The Kier molecular flexibility index (Phi) is 5.00. The number of halogens is 3. The molecule has 0 saturated heterocycles. The van der Waals surface area contributed by atoms with E-state index < -0.39 is 17.9 Å². The third-order valence-electron chi connectivity index (χ3n) is 2.67. The number of anilines is 1. The molecule has 22 heavy (non-hydrogen) atoms. The van der Waals surface area contributed by atoms with Crippen molar-refractivity contribution in [2.75, 3.05) is 12.0 Å². The van der Waals surface area contributed by atoms with Gasteiger partial charge in [-0.05, 0) is 24.5 Å². The number of nitrogen functional groups attached to an aromatic ring is 1. The molecule has 0 bridgehead atoms. The van der Waals surface area contributed by atoms with Crippen LogP contribution < -0.4 is 10.5 Å². The molecule has 116 valence electrons. The van der Waals surface area contributed by atoms with Gasteiger partial charge in [-0.1, -0.05) is 23.2 Å². The van der Waals surface area contributed by atoms with Crippen LogP contribution in [0.5, 0.6) is 5.88 Å². The Morgan fingerprint density at radius 3 is 2.73 bits per heavy atom. The number of rotatable bonds is 3. The average Bonchev–Trinajstić information content (AvgIpc) is 2.44. The lowest BCUT2D eigenvalue weighted by Gasteiger charge is -2.11. The van der Waals surface area contributed by atoms with Crippen molar-refractivity contribution in [3.63, 3.8) is 0 Å². The Balaban J connectivity index is 2.63. The molecule has 0 radical (unpaired) electrons. The van der Waals surface area contributed by atoms with Crippen LogP contribution in [-0.4, -0.2) is 22.5 Å². The molecule has 0 amide bonds. The van der Waals surface area contributed by atoms with E-state index >= 15 is 0 Å². The van der Waals surface area contributed by atoms with E-state index in [0.29, 0.717) is 0 Å². The molecule has 1 aromatic carbocycles. The van der Waals surface area contributed by atoms with Crippen LogP contribution in [0, 0.1) is 5.82 Å². The number of carboxylic acid groups (broad SMARTS) is 1. The zero-order chi connectivity index (χ0) is 16.4. The van der Waals surface area contributed by atoms with Gasteiger partial charge in [-0.3, -0.25) is 0 Å². The van der Waals surface area contributed by atoms with E-state index in [1.165, 1.54) is 18.2 Å². The van der Waals surface area contributed by atoms with Gasteiger partial charge >= 0.3 is 6.16 Å². The maximum Gasteiger partial charge on any atom is 0.512 e. The van der Waals surface area contributed by atoms with Crippen LogP contribution in [0.3, 0.4) is 0 Å². The fraction of sp³-hybridized carbons (Fsp3) is 0.0769. The molecule has 0 unspecified atom stereocenters. The smallest absolute Gasteiger partial charge is 0.449 e. The quantitative estimate of drug-likeness (QED) is 0.614. The summed E-state index contributed by atoms with van der Waals surface area (Å²) in [6, 6.07) is 4.25. The Hall–Kier alpha value is -1.70. The summed E-state index contributed by atoms with van der Waals surface area (Å²) in [5.41, 5.74) is 5.89. The molecule has 2 aromatic rings. The lowest BCUT2D eigenvalue weighted by molar-refractivity contribution is 0.142. The van der Waals surface area contributed by atoms with Crippen molar-refractivity contribution in [1.82, 2.24) is 4.98 Å². The van der Waals surface area contributed by atoms with Crippen molar-refractivity contribution in [1.29, 1.82) is 0 Å². The van der Waals surface area contributed by atoms with Gasteiger partial charge in [0.1, 0.15) is 10.8 Å². The highest BCUT2D eigenvalue weighted by atomic mass is 35.5. The zero-order valence-corrected chi connectivity index (χ0v) is 13.4. The van der Waals surface area contributed by atoms with Crippen LogP contribution in [0.25, 0.3) is 11.3 Å². The van der Waals surface area contributed by atoms with Crippen LogP contribution >= 0.6 is 35.0 Å². The monoisotopic (exact) mass is 362 g/mol. The third kappa shape index (κ3) is 3.21. The Labute approximate surface area is 139 Å². The van der Waals surface area contributed by atoms with Crippen LogP contribution in [0.15, 0.2) is 23.1 Å². The number of pyridine rings is 1. The van der Waals surface area contributed by atoms with Gasteiger partial charge in [0.15, 0.2) is 0 Å². The third-order valence-corrected chi connectivity index (χ3v) is 4.28. The first-order chi connectivity index (χ1) is 10.3. The summed E-state index contributed by atoms with van der Waals surface area (Å²) < 4.78 is 18.9. The van der Waals surface area contributed by atoms with Crippen LogP contribution in [0.4, 0.5) is 14.9 Å². The Morgan fingerprint density at radius 1 is 1.45 bits per heavy atom. The fourth-order valence-electron chi connectivity index (χ4n) is 1.73. The maximum atomic E-state index is 14.5. The second-order valence-electron chi connectivity index (χ2n) is 4.03. The molecule has 0 aliphatic rings. The van der Waals surface area contributed by atoms with E-state index in [4.69, 9.17) is 34.0 Å². The standard InChI is InChI=1S/C13H9Cl2FN2O3S/c1-22-11-6(14)3-2-5(10(11)16)8-4-7(17)9(15)12(18-8)21-13(19)20/h2-4H,1H3,(H2,17,18)(H,19,20). The zero-order valence-electron chi connectivity index (χ0n) is 11.1. The predicted octanol–water partition coefficient (Wildman–Crippen LogP) is 4.56. The minimum absolute atomic E-state index is 0.0166. The molecule has 0 saturated carbocycles. The SMILES string of the molecule is CSc1c(Cl)ccc(-c2cc(N)c(Cl)c(OC(=O)O)n2)c1F. The van der Waals surface area contributed by atoms with Gasteiger partial charge in [0.2, 0.25) is 5.88 Å². The fourth-order valence-corrected chi connectivity index (χ4v) is 2.80. The van der Waals surface area contributed by atoms with Crippen molar-refractivity contribution in [3.8, 4) is 17.1 Å². The molecule has 1 aromatic heterocycles. The van der Waals surface area contributed by atoms with Gasteiger partial charge in [0.05, 0.1) is 21.3 Å². The summed E-state index contributed by atoms with van der Waals surface area (Å²) in [6.45, 7) is 0. The first-order valence-corrected chi connectivity index (χ1v) is 7.72. The van der Waals surface area contributed by atoms with Crippen molar-refractivity contribution in [3.05, 3.63) is 34.1 Å². The topological polar surface area (TPSA) is 85.4 Å². The minimum atomic E-state index is -1.60. The largest absolute Gasteiger partial charge is 0.512 e. The molecule has 0 atom stereocenters. The summed E-state index contributed by atoms with van der Waals surface area (Å²) in [7, 11) is 0. The van der Waals surface area contributed by atoms with Crippen molar-refractivity contribution in [2.45, 2.75) is 4.90 Å². The number of hydrogen-bond donors (Lipinski definition) is 2. The molecule has 0 aliphatic carbocycles. The highest BCUT2D eigenvalue weighted by molar-refractivity contribution is 7.98. The maximum absolute atomic E-state index is 14.5. The van der Waals surface area contributed by atoms with Gasteiger partial charge in [-0.25, -0.2) is 14.2 Å². The van der Waals surface area contributed by atoms with E-state index in [0.717, 1.165) is 11.8 Å². The lowest BCUT2D eigenvalue weighted by Crippen LogP contribution is -2.07. The number of ether oxygens (including phenoxy) is 1. The summed E-state index contributed by atoms with van der Waals surface area (Å²) in [6.07, 6.45) is 0.0730. The molecular weight excluding hydrogens is 354 g/mol. The summed E-state index contributed by atoms with van der Waals surface area (Å²) in [5.74, 6) is -1.00. The molecule has 5 nitrogen and oxygen atoms in total. The van der Waals surface area contributed by atoms with Crippen molar-refractivity contribution >= 4 is 46.8 Å². The number of nitrogens with two attached hydrogens (primary N) is 1. The van der Waals surface area contributed by atoms with E-state index in [9.17, 15) is 9.18 Å². The van der Waals surface area contributed by atoms with Gasteiger partial charge in [-0.15, -0.1) is 11.8 Å². The molecule has 1 heterocycles. The molecule has 0 spiro atoms. The van der Waals surface area contributed by atoms with Crippen LogP contribution in [0.2, 0.25) is 10.0 Å². The van der Waals surface area contributed by atoms with E-state index in [1.54, 1.807) is 6.26 Å². The van der Waals surface area contributed by atoms with Gasteiger partial charge < -0.3 is 15.6 Å². The summed E-state index contributed by atoms with van der Waals surface area (Å²) in [4.78, 5) is 14.8. The minimum Gasteiger partial charge on any atom is -0.449 e. The number of hydrogen-bond acceptors (Lipinski definition) is 5. The lowest BCUT2D eigenvalue weighted by atomic mass is 10.1. The van der Waals surface area contributed by atoms with E-state index in [-0.39, 0.29) is 31.9 Å². The van der Waals surface area contributed by atoms with Crippen molar-refractivity contribution in [2.24, 2.45) is 0 Å². The molecular formula is C13H9Cl2FN2O3S.